The number of aromatic nitrogens is 4. The number of rotatable bonds is 7. The zero-order valence-corrected chi connectivity index (χ0v) is 18.6. The van der Waals surface area contributed by atoms with Gasteiger partial charge >= 0.3 is 0 Å². The highest BCUT2D eigenvalue weighted by molar-refractivity contribution is 7.98. The molecule has 30 heavy (non-hydrogen) atoms. The van der Waals surface area contributed by atoms with Crippen LogP contribution in [0.1, 0.15) is 29.3 Å². The lowest BCUT2D eigenvalue weighted by atomic mass is 10.3. The first-order chi connectivity index (χ1) is 14.5. The van der Waals surface area contributed by atoms with Crippen LogP contribution in [0.4, 0.5) is 0 Å². The van der Waals surface area contributed by atoms with Crippen LogP contribution in [0.3, 0.4) is 0 Å². The van der Waals surface area contributed by atoms with E-state index in [1.165, 1.54) is 23.1 Å². The standard InChI is InChI=1S/C20H18ClN5O2S2/c1-12(2)22-19(27)15-10-29-17(23-15)11-30-20-25-24-18(16-7-4-8-28-16)26(20)14-6-3-5-13(21)9-14/h3-10,12H,11H2,1-2H3,(H,22,27). The highest BCUT2D eigenvalue weighted by atomic mass is 35.5. The van der Waals surface area contributed by atoms with E-state index in [1.54, 1.807) is 17.7 Å². The monoisotopic (exact) mass is 459 g/mol. The van der Waals surface area contributed by atoms with Gasteiger partial charge in [0.05, 0.1) is 17.7 Å². The van der Waals surface area contributed by atoms with E-state index in [4.69, 9.17) is 16.0 Å². The number of thiazole rings is 1. The fourth-order valence-corrected chi connectivity index (χ4v) is 4.65. The Hall–Kier alpha value is -2.62. The fourth-order valence-electron chi connectivity index (χ4n) is 2.72. The zero-order chi connectivity index (χ0) is 21.1. The molecule has 0 radical (unpaired) electrons. The summed E-state index contributed by atoms with van der Waals surface area (Å²) in [7, 11) is 0. The van der Waals surface area contributed by atoms with Gasteiger partial charge in [0.1, 0.15) is 10.7 Å². The van der Waals surface area contributed by atoms with Crippen LogP contribution in [0, 0.1) is 0 Å². The molecule has 1 N–H and O–H groups in total. The molecule has 0 fully saturated rings. The molecule has 4 aromatic rings. The molecule has 0 saturated carbocycles. The second kappa shape index (κ2) is 9.03. The fraction of sp³-hybridized carbons (Fsp3) is 0.200. The van der Waals surface area contributed by atoms with Gasteiger partial charge in [-0.15, -0.1) is 21.5 Å². The SMILES string of the molecule is CC(C)NC(=O)c1csc(CSc2nnc(-c3ccco3)n2-c2cccc(Cl)c2)n1. The van der Waals surface area contributed by atoms with Gasteiger partial charge < -0.3 is 9.73 Å². The molecular weight excluding hydrogens is 442 g/mol. The van der Waals surface area contributed by atoms with Crippen molar-refractivity contribution >= 4 is 40.6 Å². The molecule has 0 aliphatic rings. The van der Waals surface area contributed by atoms with Crippen molar-refractivity contribution in [2.24, 2.45) is 0 Å². The third kappa shape index (κ3) is 4.58. The Kier molecular flexibility index (Phi) is 6.21. The van der Waals surface area contributed by atoms with E-state index in [0.717, 1.165) is 10.7 Å². The molecule has 0 spiro atoms. The summed E-state index contributed by atoms with van der Waals surface area (Å²) in [6.07, 6.45) is 1.60. The topological polar surface area (TPSA) is 85.8 Å². The predicted molar refractivity (Wildman–Crippen MR) is 118 cm³/mol. The smallest absolute Gasteiger partial charge is 0.270 e. The molecule has 154 valence electrons. The van der Waals surface area contributed by atoms with Gasteiger partial charge in [-0.05, 0) is 44.2 Å². The quantitative estimate of drug-likeness (QED) is 0.388. The van der Waals surface area contributed by atoms with E-state index in [1.807, 2.05) is 48.7 Å². The summed E-state index contributed by atoms with van der Waals surface area (Å²) in [6, 6.07) is 11.2. The highest BCUT2D eigenvalue weighted by Gasteiger charge is 2.19. The van der Waals surface area contributed by atoms with Crippen LogP contribution in [-0.4, -0.2) is 31.7 Å². The maximum absolute atomic E-state index is 12.1. The minimum atomic E-state index is -0.167. The molecule has 4 rings (SSSR count). The molecule has 0 aliphatic heterocycles. The summed E-state index contributed by atoms with van der Waals surface area (Å²) in [5.41, 5.74) is 1.26. The maximum atomic E-state index is 12.1. The first-order valence-corrected chi connectivity index (χ1v) is 11.4. The Morgan fingerprint density at radius 3 is 2.90 bits per heavy atom. The van der Waals surface area contributed by atoms with Gasteiger partial charge in [-0.25, -0.2) is 4.98 Å². The second-order valence-electron chi connectivity index (χ2n) is 6.64. The molecule has 7 nitrogen and oxygen atoms in total. The Balaban J connectivity index is 1.59. The van der Waals surface area contributed by atoms with E-state index in [9.17, 15) is 4.79 Å². The van der Waals surface area contributed by atoms with Gasteiger partial charge in [0, 0.05) is 16.4 Å². The van der Waals surface area contributed by atoms with Crippen LogP contribution in [0.2, 0.25) is 5.02 Å². The minimum absolute atomic E-state index is 0.0632. The number of carbonyl (C=O) groups is 1. The van der Waals surface area contributed by atoms with E-state index in [-0.39, 0.29) is 11.9 Å². The van der Waals surface area contributed by atoms with E-state index in [0.29, 0.717) is 33.2 Å². The predicted octanol–water partition coefficient (Wildman–Crippen LogP) is 5.07. The number of thioether (sulfide) groups is 1. The van der Waals surface area contributed by atoms with Gasteiger partial charge in [-0.3, -0.25) is 9.36 Å². The summed E-state index contributed by atoms with van der Waals surface area (Å²) in [5.74, 6) is 1.58. The molecule has 3 aromatic heterocycles. The van der Waals surface area contributed by atoms with Crippen molar-refractivity contribution in [3.63, 3.8) is 0 Å². The average Bonchev–Trinajstić information content (AvgIpc) is 3.45. The molecule has 0 unspecified atom stereocenters. The Morgan fingerprint density at radius 1 is 1.30 bits per heavy atom. The van der Waals surface area contributed by atoms with Gasteiger partial charge in [0.25, 0.3) is 5.91 Å². The van der Waals surface area contributed by atoms with E-state index in [2.05, 4.69) is 20.5 Å². The Morgan fingerprint density at radius 2 is 2.17 bits per heavy atom. The van der Waals surface area contributed by atoms with Crippen LogP contribution in [0.25, 0.3) is 17.3 Å². The van der Waals surface area contributed by atoms with Crippen LogP contribution in [0.15, 0.2) is 57.6 Å². The van der Waals surface area contributed by atoms with E-state index >= 15 is 0 Å². The molecule has 0 bridgehead atoms. The molecule has 0 atom stereocenters. The summed E-state index contributed by atoms with van der Waals surface area (Å²) in [6.45, 7) is 3.83. The van der Waals surface area contributed by atoms with Gasteiger partial charge in [0.15, 0.2) is 10.9 Å². The van der Waals surface area contributed by atoms with Crippen LogP contribution < -0.4 is 5.32 Å². The lowest BCUT2D eigenvalue weighted by Gasteiger charge is -2.09. The molecule has 3 heterocycles. The summed E-state index contributed by atoms with van der Waals surface area (Å²) < 4.78 is 7.43. The summed E-state index contributed by atoms with van der Waals surface area (Å²) >= 11 is 9.12. The molecular formula is C20H18ClN5O2S2. The van der Waals surface area contributed by atoms with Crippen LogP contribution in [0.5, 0.6) is 0 Å². The second-order valence-corrected chi connectivity index (χ2v) is 8.96. The number of nitrogens with zero attached hydrogens (tertiary/aromatic N) is 4. The molecule has 0 aliphatic carbocycles. The average molecular weight is 460 g/mol. The number of halogens is 1. The van der Waals surface area contributed by atoms with Gasteiger partial charge in [0.2, 0.25) is 5.82 Å². The van der Waals surface area contributed by atoms with Crippen LogP contribution >= 0.6 is 34.7 Å². The van der Waals surface area contributed by atoms with E-state index < -0.39 is 0 Å². The van der Waals surface area contributed by atoms with Crippen molar-refractivity contribution in [3.05, 3.63) is 63.8 Å². The lowest BCUT2D eigenvalue weighted by Crippen LogP contribution is -2.30. The number of hydrogen-bond donors (Lipinski definition) is 1. The van der Waals surface area contributed by atoms with Crippen molar-refractivity contribution < 1.29 is 9.21 Å². The third-order valence-electron chi connectivity index (χ3n) is 3.97. The number of benzene rings is 1. The third-order valence-corrected chi connectivity index (χ3v) is 6.18. The highest BCUT2D eigenvalue weighted by Crippen LogP contribution is 2.31. The number of amides is 1. The van der Waals surface area contributed by atoms with Crippen molar-refractivity contribution in [2.75, 3.05) is 0 Å². The maximum Gasteiger partial charge on any atom is 0.270 e. The number of hydrogen-bond acceptors (Lipinski definition) is 7. The Bertz CT molecular complexity index is 1150. The van der Waals surface area contributed by atoms with Crippen molar-refractivity contribution in [3.8, 4) is 17.3 Å². The van der Waals surface area contributed by atoms with Gasteiger partial charge in [-0.1, -0.05) is 29.4 Å². The van der Waals surface area contributed by atoms with Crippen molar-refractivity contribution in [2.45, 2.75) is 30.8 Å². The van der Waals surface area contributed by atoms with Crippen molar-refractivity contribution in [1.29, 1.82) is 0 Å². The first-order valence-electron chi connectivity index (χ1n) is 9.14. The number of nitrogens with one attached hydrogen (secondary N) is 1. The lowest BCUT2D eigenvalue weighted by molar-refractivity contribution is 0.0938. The first kappa shape index (κ1) is 20.6. The minimum Gasteiger partial charge on any atom is -0.461 e. The number of furan rings is 1. The molecule has 1 aromatic carbocycles. The summed E-state index contributed by atoms with van der Waals surface area (Å²) in [5, 5.41) is 15.4. The molecule has 1 amide bonds. The molecule has 10 heteroatoms. The number of carbonyl (C=O) groups excluding carboxylic acids is 1. The van der Waals surface area contributed by atoms with Crippen molar-refractivity contribution in [1.82, 2.24) is 25.1 Å². The summed E-state index contributed by atoms with van der Waals surface area (Å²) in [4.78, 5) is 16.6. The van der Waals surface area contributed by atoms with Crippen LogP contribution in [-0.2, 0) is 5.75 Å². The van der Waals surface area contributed by atoms with Gasteiger partial charge in [-0.2, -0.15) is 0 Å². The normalized spacial score (nSPS) is 11.2. The Labute approximate surface area is 186 Å². The molecule has 0 saturated heterocycles. The zero-order valence-electron chi connectivity index (χ0n) is 16.2. The largest absolute Gasteiger partial charge is 0.461 e.